The third kappa shape index (κ3) is 2.89. The van der Waals surface area contributed by atoms with Gasteiger partial charge in [-0.25, -0.2) is 0 Å². The summed E-state index contributed by atoms with van der Waals surface area (Å²) in [6.07, 6.45) is 0. The lowest BCUT2D eigenvalue weighted by atomic mass is 9.97. The van der Waals surface area contributed by atoms with Gasteiger partial charge in [0.05, 0.1) is 5.69 Å². The van der Waals surface area contributed by atoms with Gasteiger partial charge in [0, 0.05) is 27.5 Å². The molecule has 0 spiro atoms. The van der Waals surface area contributed by atoms with E-state index < -0.39 is 0 Å². The highest BCUT2D eigenvalue weighted by atomic mass is 16.3. The first-order chi connectivity index (χ1) is 16.9. The van der Waals surface area contributed by atoms with Crippen molar-refractivity contribution in [3.8, 4) is 0 Å². The molecule has 0 bridgehead atoms. The molecule has 7 rings (SSSR count). The van der Waals surface area contributed by atoms with Crippen LogP contribution in [-0.4, -0.2) is 0 Å². The zero-order chi connectivity index (χ0) is 22.5. The Hall–Kier alpha value is -4.56. The summed E-state index contributed by atoms with van der Waals surface area (Å²) in [5.74, 6) is 0. The minimum Gasteiger partial charge on any atom is -0.456 e. The smallest absolute Gasteiger partial charge is 0.136 e. The summed E-state index contributed by atoms with van der Waals surface area (Å²) in [5, 5.41) is 7.15. The van der Waals surface area contributed by atoms with Crippen LogP contribution in [0.25, 0.3) is 43.5 Å². The Balaban J connectivity index is 1.64. The highest BCUT2D eigenvalue weighted by Crippen LogP contribution is 2.44. The monoisotopic (exact) mass is 435 g/mol. The molecule has 1 heterocycles. The molecule has 2 nitrogen and oxygen atoms in total. The molecular formula is C32H21NO. The number of anilines is 3. The molecular weight excluding hydrogens is 414 g/mol. The molecule has 160 valence electrons. The zero-order valence-electron chi connectivity index (χ0n) is 18.5. The molecule has 0 unspecified atom stereocenters. The fourth-order valence-electron chi connectivity index (χ4n) is 5.07. The average molecular weight is 436 g/mol. The van der Waals surface area contributed by atoms with Gasteiger partial charge < -0.3 is 9.32 Å². The third-order valence-electron chi connectivity index (χ3n) is 6.61. The van der Waals surface area contributed by atoms with Crippen molar-refractivity contribution in [3.63, 3.8) is 0 Å². The molecule has 0 aliphatic carbocycles. The van der Waals surface area contributed by atoms with E-state index in [0.29, 0.717) is 0 Å². The molecule has 2 heteroatoms. The number of furan rings is 1. The van der Waals surface area contributed by atoms with E-state index in [1.165, 1.54) is 16.2 Å². The number of rotatable bonds is 3. The van der Waals surface area contributed by atoms with Gasteiger partial charge in [0.15, 0.2) is 0 Å². The first-order valence-corrected chi connectivity index (χ1v) is 11.5. The molecule has 1 aromatic heterocycles. The van der Waals surface area contributed by atoms with E-state index in [2.05, 4.69) is 120 Å². The van der Waals surface area contributed by atoms with Crippen molar-refractivity contribution in [3.05, 3.63) is 127 Å². The Morgan fingerprint density at radius 1 is 0.412 bits per heavy atom. The first kappa shape index (κ1) is 19.0. The first-order valence-electron chi connectivity index (χ1n) is 11.5. The van der Waals surface area contributed by atoms with Gasteiger partial charge in [0.2, 0.25) is 0 Å². The summed E-state index contributed by atoms with van der Waals surface area (Å²) in [6.45, 7) is 0. The van der Waals surface area contributed by atoms with Gasteiger partial charge >= 0.3 is 0 Å². The van der Waals surface area contributed by atoms with E-state index in [0.717, 1.165) is 44.4 Å². The normalized spacial score (nSPS) is 11.5. The molecule has 0 atom stereocenters. The summed E-state index contributed by atoms with van der Waals surface area (Å²) < 4.78 is 6.30. The highest BCUT2D eigenvalue weighted by molar-refractivity contribution is 6.20. The lowest BCUT2D eigenvalue weighted by Gasteiger charge is -2.27. The van der Waals surface area contributed by atoms with E-state index in [1.54, 1.807) is 0 Å². The average Bonchev–Trinajstić information content (AvgIpc) is 3.27. The molecule has 34 heavy (non-hydrogen) atoms. The van der Waals surface area contributed by atoms with Crippen molar-refractivity contribution >= 4 is 60.5 Å². The topological polar surface area (TPSA) is 16.4 Å². The number of para-hydroxylation sites is 3. The number of hydrogen-bond donors (Lipinski definition) is 0. The van der Waals surface area contributed by atoms with Gasteiger partial charge in [-0.15, -0.1) is 0 Å². The molecule has 6 aromatic carbocycles. The summed E-state index contributed by atoms with van der Waals surface area (Å²) in [5.41, 5.74) is 5.20. The van der Waals surface area contributed by atoms with Gasteiger partial charge in [0.25, 0.3) is 0 Å². The van der Waals surface area contributed by atoms with E-state index in [1.807, 2.05) is 12.1 Å². The number of benzene rings is 6. The van der Waals surface area contributed by atoms with Gasteiger partial charge in [-0.3, -0.25) is 0 Å². The van der Waals surface area contributed by atoms with Crippen LogP contribution < -0.4 is 4.90 Å². The predicted octanol–water partition coefficient (Wildman–Crippen LogP) is 9.36. The van der Waals surface area contributed by atoms with Crippen molar-refractivity contribution in [1.82, 2.24) is 0 Å². The van der Waals surface area contributed by atoms with Crippen LogP contribution in [0.4, 0.5) is 17.1 Å². The van der Waals surface area contributed by atoms with Crippen LogP contribution in [0.15, 0.2) is 132 Å². The van der Waals surface area contributed by atoms with E-state index in [-0.39, 0.29) is 0 Å². The van der Waals surface area contributed by atoms with E-state index >= 15 is 0 Å². The van der Waals surface area contributed by atoms with Crippen LogP contribution in [0.3, 0.4) is 0 Å². The number of nitrogens with zero attached hydrogens (tertiary/aromatic N) is 1. The fraction of sp³-hybridized carbons (Fsp3) is 0. The molecule has 7 aromatic rings. The number of hydrogen-bond acceptors (Lipinski definition) is 2. The number of fused-ring (bicyclic) bond motifs is 6. The minimum atomic E-state index is 0.909. The third-order valence-corrected chi connectivity index (χ3v) is 6.61. The zero-order valence-corrected chi connectivity index (χ0v) is 18.5. The maximum atomic E-state index is 6.30. The predicted molar refractivity (Wildman–Crippen MR) is 143 cm³/mol. The van der Waals surface area contributed by atoms with Crippen molar-refractivity contribution in [2.45, 2.75) is 0 Å². The standard InChI is InChI=1S/C32H21NO/c1-3-12-23(13-4-1)33(24-14-5-2-6-15-24)30-19-22-11-7-8-16-25(22)27-20-29-26-17-9-10-18-31(26)34-32(29)21-28(27)30/h1-21H. The van der Waals surface area contributed by atoms with E-state index in [9.17, 15) is 0 Å². The van der Waals surface area contributed by atoms with Crippen molar-refractivity contribution in [2.24, 2.45) is 0 Å². The van der Waals surface area contributed by atoms with Crippen LogP contribution in [0, 0.1) is 0 Å². The molecule has 0 fully saturated rings. The molecule has 0 N–H and O–H groups in total. The van der Waals surface area contributed by atoms with Crippen molar-refractivity contribution in [2.75, 3.05) is 4.90 Å². The van der Waals surface area contributed by atoms with E-state index in [4.69, 9.17) is 4.42 Å². The molecule has 0 saturated carbocycles. The summed E-state index contributed by atoms with van der Waals surface area (Å²) in [4.78, 5) is 2.34. The minimum absolute atomic E-state index is 0.909. The summed E-state index contributed by atoms with van der Waals surface area (Å²) in [6, 6.07) is 44.8. The Bertz CT molecular complexity index is 1760. The van der Waals surface area contributed by atoms with Crippen LogP contribution >= 0.6 is 0 Å². The Morgan fingerprint density at radius 3 is 1.76 bits per heavy atom. The second-order valence-corrected chi connectivity index (χ2v) is 8.62. The van der Waals surface area contributed by atoms with Gasteiger partial charge in [-0.2, -0.15) is 0 Å². The lowest BCUT2D eigenvalue weighted by molar-refractivity contribution is 0.669. The summed E-state index contributed by atoms with van der Waals surface area (Å²) >= 11 is 0. The lowest BCUT2D eigenvalue weighted by Crippen LogP contribution is -2.10. The van der Waals surface area contributed by atoms with Crippen LogP contribution in [-0.2, 0) is 0 Å². The molecule has 0 aliphatic rings. The molecule has 0 aliphatic heterocycles. The van der Waals surface area contributed by atoms with Gasteiger partial charge in [-0.05, 0) is 64.7 Å². The molecule has 0 amide bonds. The Labute approximate surface area is 197 Å². The van der Waals surface area contributed by atoms with Crippen LogP contribution in [0.1, 0.15) is 0 Å². The van der Waals surface area contributed by atoms with Gasteiger partial charge in [0.1, 0.15) is 11.2 Å². The SMILES string of the molecule is c1ccc(N(c2ccccc2)c2cc3ccccc3c3cc4c(cc23)oc2ccccc24)cc1. The van der Waals surface area contributed by atoms with Crippen LogP contribution in [0.2, 0.25) is 0 Å². The Kier molecular flexibility index (Phi) is 4.18. The quantitative estimate of drug-likeness (QED) is 0.257. The summed E-state index contributed by atoms with van der Waals surface area (Å²) in [7, 11) is 0. The fourth-order valence-corrected chi connectivity index (χ4v) is 5.07. The molecule has 0 radical (unpaired) electrons. The van der Waals surface area contributed by atoms with Crippen LogP contribution in [0.5, 0.6) is 0 Å². The van der Waals surface area contributed by atoms with Crippen molar-refractivity contribution in [1.29, 1.82) is 0 Å². The molecule has 0 saturated heterocycles. The van der Waals surface area contributed by atoms with Gasteiger partial charge in [-0.1, -0.05) is 78.9 Å². The van der Waals surface area contributed by atoms with Crippen molar-refractivity contribution < 1.29 is 4.42 Å². The second-order valence-electron chi connectivity index (χ2n) is 8.62. The highest BCUT2D eigenvalue weighted by Gasteiger charge is 2.19. The maximum Gasteiger partial charge on any atom is 0.136 e. The largest absolute Gasteiger partial charge is 0.456 e. The Morgan fingerprint density at radius 2 is 1.03 bits per heavy atom. The second kappa shape index (κ2) is 7.50. The maximum absolute atomic E-state index is 6.30.